The summed E-state index contributed by atoms with van der Waals surface area (Å²) in [6, 6.07) is 12.1. The van der Waals surface area contributed by atoms with Crippen molar-refractivity contribution >= 4 is 22.8 Å². The summed E-state index contributed by atoms with van der Waals surface area (Å²) in [7, 11) is 0. The Balaban J connectivity index is 1.06. The molecule has 1 amide bonds. The molecular formula is C31H41N8O3-. The molecule has 6 rings (SSSR count). The van der Waals surface area contributed by atoms with Crippen molar-refractivity contribution in [3.8, 4) is 0 Å². The van der Waals surface area contributed by atoms with Crippen molar-refractivity contribution in [3.63, 3.8) is 0 Å². The van der Waals surface area contributed by atoms with Crippen LogP contribution in [0.4, 0.5) is 5.82 Å². The van der Waals surface area contributed by atoms with E-state index in [1.54, 1.807) is 12.3 Å². The predicted octanol–water partition coefficient (Wildman–Crippen LogP) is 3.82. The van der Waals surface area contributed by atoms with Gasteiger partial charge in [0.2, 0.25) is 5.91 Å². The molecule has 11 nitrogen and oxygen atoms in total. The highest BCUT2D eigenvalue weighted by molar-refractivity contribution is 5.79. The molecule has 1 unspecified atom stereocenters. The zero-order valence-corrected chi connectivity index (χ0v) is 24.5. The van der Waals surface area contributed by atoms with Crippen LogP contribution < -0.4 is 5.69 Å². The van der Waals surface area contributed by atoms with Crippen molar-refractivity contribution in [1.29, 1.82) is 0 Å². The molecule has 1 aromatic carbocycles. The van der Waals surface area contributed by atoms with Crippen molar-refractivity contribution in [2.24, 2.45) is 11.0 Å². The van der Waals surface area contributed by atoms with Gasteiger partial charge in [-0.2, -0.15) is 0 Å². The Morgan fingerprint density at radius 2 is 1.71 bits per heavy atom. The normalized spacial score (nSPS) is 20.6. The summed E-state index contributed by atoms with van der Waals surface area (Å²) in [5, 5.41) is 3.21. The maximum atomic E-state index is 13.7. The summed E-state index contributed by atoms with van der Waals surface area (Å²) in [5.74, 6) is 0.606. The molecule has 3 saturated heterocycles. The van der Waals surface area contributed by atoms with Crippen molar-refractivity contribution in [3.05, 3.63) is 64.2 Å². The van der Waals surface area contributed by atoms with Crippen molar-refractivity contribution in [2.75, 3.05) is 59.0 Å². The Morgan fingerprint density at radius 1 is 1.00 bits per heavy atom. The molecule has 0 spiro atoms. The lowest BCUT2D eigenvalue weighted by atomic mass is 9.92. The molecule has 0 N–H and O–H groups in total. The van der Waals surface area contributed by atoms with Gasteiger partial charge in [0.15, 0.2) is 0 Å². The summed E-state index contributed by atoms with van der Waals surface area (Å²) >= 11 is 0. The summed E-state index contributed by atoms with van der Waals surface area (Å²) in [6.07, 6.45) is 4.92. The van der Waals surface area contributed by atoms with Crippen LogP contribution in [0.5, 0.6) is 0 Å². The second kappa shape index (κ2) is 12.8. The summed E-state index contributed by atoms with van der Waals surface area (Å²) in [4.78, 5) is 38.0. The number of carbonyl (C=O) groups excluding carboxylic acids is 1. The lowest BCUT2D eigenvalue weighted by Gasteiger charge is -2.39. The van der Waals surface area contributed by atoms with E-state index in [2.05, 4.69) is 32.9 Å². The number of fused-ring (bicyclic) bond motifs is 1. The monoisotopic (exact) mass is 573 g/mol. The summed E-state index contributed by atoms with van der Waals surface area (Å²) < 4.78 is 9.40. The molecule has 3 fully saturated rings. The van der Waals surface area contributed by atoms with Crippen LogP contribution in [-0.2, 0) is 16.1 Å². The maximum Gasteiger partial charge on any atom is 0.329 e. The lowest BCUT2D eigenvalue weighted by molar-refractivity contribution is -0.138. The minimum absolute atomic E-state index is 0.0373. The number of hydrogen-bond donors (Lipinski definition) is 0. The third-order valence-corrected chi connectivity index (χ3v) is 9.53. The predicted molar refractivity (Wildman–Crippen MR) is 161 cm³/mol. The zero-order valence-electron chi connectivity index (χ0n) is 24.5. The fourth-order valence-corrected chi connectivity index (χ4v) is 6.96. The van der Waals surface area contributed by atoms with E-state index in [1.807, 2.05) is 38.3 Å². The van der Waals surface area contributed by atoms with Gasteiger partial charge in [-0.3, -0.25) is 23.7 Å². The largest absolute Gasteiger partial charge is 0.705 e. The average molecular weight is 574 g/mol. The minimum atomic E-state index is 0.0373. The van der Waals surface area contributed by atoms with Gasteiger partial charge in [-0.25, -0.2) is 9.78 Å². The highest BCUT2D eigenvalue weighted by atomic mass is 16.5. The second-order valence-electron chi connectivity index (χ2n) is 11.8. The van der Waals surface area contributed by atoms with Gasteiger partial charge in [0, 0.05) is 63.5 Å². The first-order valence-corrected chi connectivity index (χ1v) is 15.4. The Hall–Kier alpha value is -3.41. The average Bonchev–Trinajstić information content (AvgIpc) is 3.34. The molecule has 0 aliphatic carbocycles. The number of amides is 1. The van der Waals surface area contributed by atoms with Gasteiger partial charge in [-0.05, 0) is 75.5 Å². The lowest BCUT2D eigenvalue weighted by Crippen LogP contribution is -2.46. The number of aromatic nitrogens is 3. The van der Waals surface area contributed by atoms with Crippen LogP contribution in [0.25, 0.3) is 16.6 Å². The fourth-order valence-electron chi connectivity index (χ4n) is 6.96. The van der Waals surface area contributed by atoms with Crippen molar-refractivity contribution in [1.82, 2.24) is 28.8 Å². The third kappa shape index (κ3) is 5.91. The highest BCUT2D eigenvalue weighted by Gasteiger charge is 2.33. The Kier molecular flexibility index (Phi) is 8.78. The van der Waals surface area contributed by atoms with Crippen molar-refractivity contribution < 1.29 is 9.53 Å². The highest BCUT2D eigenvalue weighted by Crippen LogP contribution is 2.31. The number of carbonyl (C=O) groups is 1. The summed E-state index contributed by atoms with van der Waals surface area (Å²) in [6.45, 7) is 10.0. The van der Waals surface area contributed by atoms with E-state index in [9.17, 15) is 9.59 Å². The third-order valence-electron chi connectivity index (χ3n) is 9.53. The van der Waals surface area contributed by atoms with Gasteiger partial charge in [0.05, 0.1) is 24.2 Å². The molecule has 224 valence electrons. The van der Waals surface area contributed by atoms with E-state index in [-0.39, 0.29) is 29.6 Å². The number of imidazole rings is 1. The number of hydrogen-bond acceptors (Lipinski definition) is 7. The standard InChI is InChI=1S/C31H41N8O3/c1-23(25-6-11-33-29(22-25)34-32)36-12-7-24(8-13-36)30(40)37-14-9-26(10-15-37)39-28-5-3-2-4-27(28)38(31(39)41)17-16-35-18-20-42-21-19-35/h2-6,11,22-24,26H,7-10,12-21H2,1H3/q-1. The molecule has 11 heteroatoms. The number of rotatable bonds is 8. The molecule has 42 heavy (non-hydrogen) atoms. The molecule has 0 radical (unpaired) electrons. The minimum Gasteiger partial charge on any atom is -0.705 e. The number of ether oxygens (including phenoxy) is 1. The number of piperidine rings is 2. The van der Waals surface area contributed by atoms with Gasteiger partial charge < -0.3 is 20.3 Å². The quantitative estimate of drug-likeness (QED) is 0.379. The van der Waals surface area contributed by atoms with Crippen LogP contribution in [0.15, 0.2) is 52.5 Å². The first kappa shape index (κ1) is 28.7. The Labute approximate surface area is 246 Å². The van der Waals surface area contributed by atoms with Gasteiger partial charge in [0.1, 0.15) is 5.82 Å². The SMILES string of the molecule is CC(c1ccnc(N=[N-])c1)N1CCC(C(=O)N2CCC(n3c(=O)n(CCN4CCOCC4)c4ccccc43)CC2)CC1. The zero-order chi connectivity index (χ0) is 29.1. The van der Waals surface area contributed by atoms with Gasteiger partial charge in [-0.15, -0.1) is 0 Å². The maximum absolute atomic E-state index is 13.7. The fraction of sp³-hybridized carbons (Fsp3) is 0.581. The van der Waals surface area contributed by atoms with Gasteiger partial charge in [-0.1, -0.05) is 12.1 Å². The van der Waals surface area contributed by atoms with E-state index in [0.717, 1.165) is 88.2 Å². The van der Waals surface area contributed by atoms with Gasteiger partial charge >= 0.3 is 5.69 Å². The van der Waals surface area contributed by atoms with Gasteiger partial charge in [0.25, 0.3) is 0 Å². The topological polar surface area (TPSA) is 110 Å². The second-order valence-corrected chi connectivity index (χ2v) is 11.8. The number of likely N-dealkylation sites (tertiary alicyclic amines) is 2. The Bertz CT molecular complexity index is 1450. The molecule has 0 saturated carbocycles. The number of pyridine rings is 1. The molecule has 3 aliphatic heterocycles. The van der Waals surface area contributed by atoms with Crippen LogP contribution in [0.1, 0.15) is 50.3 Å². The molecule has 2 aromatic heterocycles. The van der Waals surface area contributed by atoms with Crippen LogP contribution in [0.2, 0.25) is 0 Å². The number of benzene rings is 1. The van der Waals surface area contributed by atoms with Crippen LogP contribution >= 0.6 is 0 Å². The van der Waals surface area contributed by atoms with E-state index in [0.29, 0.717) is 25.5 Å². The first-order chi connectivity index (χ1) is 20.5. The van der Waals surface area contributed by atoms with E-state index < -0.39 is 0 Å². The smallest absolute Gasteiger partial charge is 0.329 e. The number of para-hydroxylation sites is 2. The van der Waals surface area contributed by atoms with Crippen LogP contribution in [0, 0.1) is 5.92 Å². The van der Waals surface area contributed by atoms with E-state index >= 15 is 0 Å². The molecule has 5 heterocycles. The van der Waals surface area contributed by atoms with E-state index in [1.165, 1.54) is 0 Å². The Morgan fingerprint density at radius 3 is 2.43 bits per heavy atom. The van der Waals surface area contributed by atoms with E-state index in [4.69, 9.17) is 10.3 Å². The van der Waals surface area contributed by atoms with Crippen LogP contribution in [0.3, 0.4) is 0 Å². The molecule has 3 aliphatic rings. The number of nitrogens with zero attached hydrogens (tertiary/aromatic N) is 8. The molecular weight excluding hydrogens is 532 g/mol. The molecule has 3 aromatic rings. The van der Waals surface area contributed by atoms with Crippen LogP contribution in [-0.4, -0.2) is 93.8 Å². The molecule has 1 atom stereocenters. The van der Waals surface area contributed by atoms with Crippen molar-refractivity contribution in [2.45, 2.75) is 51.2 Å². The summed E-state index contributed by atoms with van der Waals surface area (Å²) in [5.41, 5.74) is 12.2. The number of morpholine rings is 1. The molecule has 0 bridgehead atoms. The first-order valence-electron chi connectivity index (χ1n) is 15.4.